The second-order valence-electron chi connectivity index (χ2n) is 8.12. The third-order valence-electron chi connectivity index (χ3n) is 4.03. The molecular formula is C16H31NO2. The molecule has 0 bridgehead atoms. The summed E-state index contributed by atoms with van der Waals surface area (Å²) in [5.41, 5.74) is -0.111. The lowest BCUT2D eigenvalue weighted by Crippen LogP contribution is -2.53. The summed E-state index contributed by atoms with van der Waals surface area (Å²) in [6.45, 7) is 16.9. The zero-order valence-electron chi connectivity index (χ0n) is 13.9. The van der Waals surface area contributed by atoms with Gasteiger partial charge in [0.2, 0.25) is 0 Å². The molecule has 1 saturated heterocycles. The maximum Gasteiger partial charge on any atom is 0.410 e. The first kappa shape index (κ1) is 16.3. The fourth-order valence-corrected chi connectivity index (χ4v) is 2.96. The molecule has 0 N–H and O–H groups in total. The number of likely N-dealkylation sites (tertiary alicyclic amines) is 1. The van der Waals surface area contributed by atoms with Crippen molar-refractivity contribution in [2.24, 2.45) is 11.3 Å². The number of carbonyl (C=O) groups excluding carboxylic acids is 1. The Hall–Kier alpha value is -0.730. The first-order valence-electron chi connectivity index (χ1n) is 7.43. The van der Waals surface area contributed by atoms with E-state index in [1.807, 2.05) is 25.7 Å². The van der Waals surface area contributed by atoms with Crippen LogP contribution in [0.5, 0.6) is 0 Å². The van der Waals surface area contributed by atoms with E-state index in [-0.39, 0.29) is 18.2 Å². The standard InChI is InChI=1S/C16H31NO2/c1-11-9-13(15(3,4)5)10-12(2)17(11)14(18)19-16(6,7)8/h11-13H,9-10H2,1-8H3/t11-,12-/m0/s1. The number of ether oxygens (including phenoxy) is 1. The number of hydrogen-bond donors (Lipinski definition) is 0. The van der Waals surface area contributed by atoms with Gasteiger partial charge in [0.15, 0.2) is 0 Å². The van der Waals surface area contributed by atoms with E-state index in [0.29, 0.717) is 11.3 Å². The average Bonchev–Trinajstić information content (AvgIpc) is 2.11. The molecule has 1 rings (SSSR count). The molecule has 0 radical (unpaired) electrons. The summed E-state index contributed by atoms with van der Waals surface area (Å²) >= 11 is 0. The van der Waals surface area contributed by atoms with Gasteiger partial charge in [-0.1, -0.05) is 20.8 Å². The zero-order chi connectivity index (χ0) is 15.0. The molecule has 1 aliphatic heterocycles. The van der Waals surface area contributed by atoms with Gasteiger partial charge in [0.1, 0.15) is 5.60 Å². The highest BCUT2D eigenvalue weighted by Gasteiger charge is 2.39. The van der Waals surface area contributed by atoms with Crippen molar-refractivity contribution in [3.63, 3.8) is 0 Å². The van der Waals surface area contributed by atoms with Crippen LogP contribution in [0.4, 0.5) is 4.79 Å². The molecule has 1 amide bonds. The minimum absolute atomic E-state index is 0.167. The van der Waals surface area contributed by atoms with E-state index >= 15 is 0 Å². The minimum Gasteiger partial charge on any atom is -0.444 e. The van der Waals surface area contributed by atoms with Gasteiger partial charge in [0.05, 0.1) is 0 Å². The quantitative estimate of drug-likeness (QED) is 0.650. The summed E-state index contributed by atoms with van der Waals surface area (Å²) < 4.78 is 5.53. The Kier molecular flexibility index (Phi) is 4.58. The van der Waals surface area contributed by atoms with Crippen molar-refractivity contribution >= 4 is 6.09 Å². The minimum atomic E-state index is -0.419. The van der Waals surface area contributed by atoms with Crippen LogP contribution < -0.4 is 0 Å². The fourth-order valence-electron chi connectivity index (χ4n) is 2.96. The predicted molar refractivity (Wildman–Crippen MR) is 79.2 cm³/mol. The molecule has 3 heteroatoms. The van der Waals surface area contributed by atoms with Gasteiger partial charge in [-0.25, -0.2) is 4.79 Å². The van der Waals surface area contributed by atoms with Crippen molar-refractivity contribution in [1.29, 1.82) is 0 Å². The van der Waals surface area contributed by atoms with Crippen LogP contribution in [-0.4, -0.2) is 28.7 Å². The lowest BCUT2D eigenvalue weighted by molar-refractivity contribution is -0.0180. The Morgan fingerprint density at radius 3 is 1.74 bits per heavy atom. The van der Waals surface area contributed by atoms with E-state index in [4.69, 9.17) is 4.74 Å². The van der Waals surface area contributed by atoms with Crippen LogP contribution in [0.15, 0.2) is 0 Å². The third kappa shape index (κ3) is 4.39. The van der Waals surface area contributed by atoms with E-state index in [9.17, 15) is 4.79 Å². The van der Waals surface area contributed by atoms with Crippen LogP contribution in [0.1, 0.15) is 68.2 Å². The smallest absolute Gasteiger partial charge is 0.410 e. The lowest BCUT2D eigenvalue weighted by Gasteiger charge is -2.46. The first-order chi connectivity index (χ1) is 8.42. The van der Waals surface area contributed by atoms with Crippen molar-refractivity contribution in [2.45, 2.75) is 85.9 Å². The number of rotatable bonds is 0. The Morgan fingerprint density at radius 2 is 1.42 bits per heavy atom. The van der Waals surface area contributed by atoms with Crippen LogP contribution in [0.25, 0.3) is 0 Å². The fraction of sp³-hybridized carbons (Fsp3) is 0.938. The van der Waals surface area contributed by atoms with E-state index in [1.165, 1.54) is 0 Å². The van der Waals surface area contributed by atoms with Crippen LogP contribution >= 0.6 is 0 Å². The van der Waals surface area contributed by atoms with Crippen molar-refractivity contribution in [1.82, 2.24) is 4.90 Å². The summed E-state index contributed by atoms with van der Waals surface area (Å²) in [5.74, 6) is 0.663. The second-order valence-corrected chi connectivity index (χ2v) is 8.12. The molecule has 1 aliphatic rings. The molecule has 112 valence electrons. The van der Waals surface area contributed by atoms with Gasteiger partial charge in [-0.15, -0.1) is 0 Å². The Labute approximate surface area is 118 Å². The van der Waals surface area contributed by atoms with Crippen LogP contribution in [0.2, 0.25) is 0 Å². The van der Waals surface area contributed by atoms with Crippen molar-refractivity contribution < 1.29 is 9.53 Å². The van der Waals surface area contributed by atoms with Gasteiger partial charge in [0.25, 0.3) is 0 Å². The maximum atomic E-state index is 12.3. The molecule has 0 aromatic rings. The van der Waals surface area contributed by atoms with Gasteiger partial charge in [-0.2, -0.15) is 0 Å². The normalized spacial score (nSPS) is 29.3. The van der Waals surface area contributed by atoms with E-state index in [0.717, 1.165) is 12.8 Å². The number of amides is 1. The largest absolute Gasteiger partial charge is 0.444 e. The third-order valence-corrected chi connectivity index (χ3v) is 4.03. The lowest BCUT2D eigenvalue weighted by atomic mass is 9.71. The molecule has 2 atom stereocenters. The number of nitrogens with zero attached hydrogens (tertiary/aromatic N) is 1. The van der Waals surface area contributed by atoms with E-state index < -0.39 is 5.60 Å². The highest BCUT2D eigenvalue weighted by atomic mass is 16.6. The summed E-state index contributed by atoms with van der Waals surface area (Å²) in [5, 5.41) is 0. The number of hydrogen-bond acceptors (Lipinski definition) is 2. The Balaban J connectivity index is 2.76. The highest BCUT2D eigenvalue weighted by Crippen LogP contribution is 2.39. The van der Waals surface area contributed by atoms with Gasteiger partial charge in [-0.05, 0) is 58.8 Å². The monoisotopic (exact) mass is 269 g/mol. The van der Waals surface area contributed by atoms with Crippen molar-refractivity contribution in [3.05, 3.63) is 0 Å². The summed E-state index contributed by atoms with van der Waals surface area (Å²) in [6.07, 6.45) is 1.96. The maximum absolute atomic E-state index is 12.3. The topological polar surface area (TPSA) is 29.5 Å². The Morgan fingerprint density at radius 1 is 1.00 bits per heavy atom. The van der Waals surface area contributed by atoms with Crippen molar-refractivity contribution in [2.75, 3.05) is 0 Å². The van der Waals surface area contributed by atoms with Crippen LogP contribution in [0, 0.1) is 11.3 Å². The molecule has 19 heavy (non-hydrogen) atoms. The molecule has 3 nitrogen and oxygen atoms in total. The van der Waals surface area contributed by atoms with Gasteiger partial charge in [0, 0.05) is 12.1 Å². The number of carbonyl (C=O) groups is 1. The molecular weight excluding hydrogens is 238 g/mol. The summed E-state index contributed by atoms with van der Waals surface area (Å²) in [6, 6.07) is 0.505. The molecule has 1 fully saturated rings. The average molecular weight is 269 g/mol. The van der Waals surface area contributed by atoms with Gasteiger partial charge >= 0.3 is 6.09 Å². The molecule has 0 spiro atoms. The van der Waals surface area contributed by atoms with Gasteiger partial charge < -0.3 is 9.64 Å². The molecule has 0 aromatic carbocycles. The molecule has 0 aliphatic carbocycles. The summed E-state index contributed by atoms with van der Waals surface area (Å²) in [7, 11) is 0. The highest BCUT2D eigenvalue weighted by molar-refractivity contribution is 5.69. The van der Waals surface area contributed by atoms with E-state index in [2.05, 4.69) is 34.6 Å². The molecule has 0 aromatic heterocycles. The first-order valence-corrected chi connectivity index (χ1v) is 7.43. The SMILES string of the molecule is C[C@H]1CC(C(C)(C)C)C[C@H](C)N1C(=O)OC(C)(C)C. The summed E-state index contributed by atoms with van der Waals surface area (Å²) in [4.78, 5) is 14.2. The van der Waals surface area contributed by atoms with E-state index in [1.54, 1.807) is 0 Å². The van der Waals surface area contributed by atoms with Crippen molar-refractivity contribution in [3.8, 4) is 0 Å². The second kappa shape index (κ2) is 5.34. The Bertz CT molecular complexity index is 313. The predicted octanol–water partition coefficient (Wildman–Crippen LogP) is 4.46. The zero-order valence-corrected chi connectivity index (χ0v) is 13.9. The molecule has 1 heterocycles. The van der Waals surface area contributed by atoms with Gasteiger partial charge in [-0.3, -0.25) is 0 Å². The van der Waals surface area contributed by atoms with Crippen LogP contribution in [0.3, 0.4) is 0 Å². The van der Waals surface area contributed by atoms with Crippen LogP contribution in [-0.2, 0) is 4.74 Å². The number of piperidine rings is 1. The molecule has 0 unspecified atom stereocenters. The molecule has 0 saturated carbocycles.